The number of halogens is 2. The molecule has 4 aromatic rings. The minimum absolute atomic E-state index is 0.0252. The third-order valence-electron chi connectivity index (χ3n) is 8.14. The molecule has 1 unspecified atom stereocenters. The number of nitrogens with one attached hydrogen (secondary N) is 1. The van der Waals surface area contributed by atoms with E-state index < -0.39 is 46.0 Å². The number of hydrogen-bond donors (Lipinski definition) is 3. The van der Waals surface area contributed by atoms with Crippen LogP contribution >= 0.6 is 0 Å². The Labute approximate surface area is 245 Å². The zero-order valence-corrected chi connectivity index (χ0v) is 23.9. The van der Waals surface area contributed by atoms with Gasteiger partial charge in [-0.1, -0.05) is 26.5 Å². The fourth-order valence-corrected chi connectivity index (χ4v) is 6.13. The van der Waals surface area contributed by atoms with Gasteiger partial charge in [-0.05, 0) is 42.7 Å². The molecular formula is C31H30F2N6O4. The zero-order valence-electron chi connectivity index (χ0n) is 23.9. The van der Waals surface area contributed by atoms with E-state index in [9.17, 15) is 19.8 Å². The summed E-state index contributed by atoms with van der Waals surface area (Å²) < 4.78 is 34.8. The second-order valence-corrected chi connectivity index (χ2v) is 11.1. The third kappa shape index (κ3) is 4.27. The van der Waals surface area contributed by atoms with Gasteiger partial charge in [0.1, 0.15) is 22.8 Å². The minimum atomic E-state index is -1.16. The van der Waals surface area contributed by atoms with E-state index in [-0.39, 0.29) is 60.4 Å². The van der Waals surface area contributed by atoms with Gasteiger partial charge in [-0.25, -0.2) is 13.6 Å². The Balaban J connectivity index is 1.76. The van der Waals surface area contributed by atoms with E-state index >= 15 is 8.78 Å². The number of phenolic OH excluding ortho intramolecular Hbond substituents is 2. The SMILES string of the molecule is C=CC(=O)N1CCN2c3nc(=O)n(-c4c(C)ccnc4C(C)C)c4c(F)c(-c5c(O)cccc5O)c(F)c(c34)NCC2C1. The largest absolute Gasteiger partial charge is 0.507 e. The molecule has 4 heterocycles. The lowest BCUT2D eigenvalue weighted by Gasteiger charge is -2.41. The van der Waals surface area contributed by atoms with Crippen molar-refractivity contribution in [3.05, 3.63) is 76.5 Å². The Morgan fingerprint density at radius 1 is 1.14 bits per heavy atom. The maximum Gasteiger partial charge on any atom is 0.354 e. The summed E-state index contributed by atoms with van der Waals surface area (Å²) >= 11 is 0. The summed E-state index contributed by atoms with van der Waals surface area (Å²) in [6, 6.07) is 5.02. The van der Waals surface area contributed by atoms with Crippen LogP contribution in [0.5, 0.6) is 11.5 Å². The summed E-state index contributed by atoms with van der Waals surface area (Å²) in [6.45, 7) is 9.99. The zero-order chi connectivity index (χ0) is 30.7. The van der Waals surface area contributed by atoms with Gasteiger partial charge in [0.25, 0.3) is 0 Å². The Hall–Kier alpha value is -5.00. The molecule has 43 heavy (non-hydrogen) atoms. The summed E-state index contributed by atoms with van der Waals surface area (Å²) in [5.74, 6) is -3.68. The van der Waals surface area contributed by atoms with Crippen LogP contribution in [0.25, 0.3) is 27.7 Å². The average Bonchev–Trinajstić information content (AvgIpc) is 3.13. The highest BCUT2D eigenvalue weighted by Gasteiger charge is 2.38. The smallest absolute Gasteiger partial charge is 0.354 e. The van der Waals surface area contributed by atoms with Crippen LogP contribution in [-0.2, 0) is 4.79 Å². The Morgan fingerprint density at radius 3 is 2.53 bits per heavy atom. The molecule has 2 aromatic carbocycles. The molecule has 2 aliphatic rings. The summed E-state index contributed by atoms with van der Waals surface area (Å²) in [5, 5.41) is 24.4. The fourth-order valence-electron chi connectivity index (χ4n) is 6.13. The number of phenols is 2. The van der Waals surface area contributed by atoms with Crippen molar-refractivity contribution < 1.29 is 23.8 Å². The van der Waals surface area contributed by atoms with Crippen molar-refractivity contribution in [1.82, 2.24) is 19.4 Å². The van der Waals surface area contributed by atoms with Crippen LogP contribution < -0.4 is 15.9 Å². The molecule has 10 nitrogen and oxygen atoms in total. The Morgan fingerprint density at radius 2 is 1.86 bits per heavy atom. The lowest BCUT2D eigenvalue weighted by atomic mass is 9.97. The van der Waals surface area contributed by atoms with Crippen molar-refractivity contribution in [3.8, 4) is 28.3 Å². The van der Waals surface area contributed by atoms with Gasteiger partial charge in [0.2, 0.25) is 5.91 Å². The van der Waals surface area contributed by atoms with Crippen LogP contribution in [0.2, 0.25) is 0 Å². The second-order valence-electron chi connectivity index (χ2n) is 11.1. The number of aromatic nitrogens is 3. The highest BCUT2D eigenvalue weighted by Crippen LogP contribution is 2.47. The van der Waals surface area contributed by atoms with Crippen molar-refractivity contribution in [1.29, 1.82) is 0 Å². The van der Waals surface area contributed by atoms with Gasteiger partial charge in [-0.15, -0.1) is 0 Å². The lowest BCUT2D eigenvalue weighted by Crippen LogP contribution is -2.57. The maximum atomic E-state index is 17.1. The number of fused-ring (bicyclic) bond motifs is 2. The van der Waals surface area contributed by atoms with Crippen molar-refractivity contribution in [2.24, 2.45) is 0 Å². The number of rotatable bonds is 4. The standard InChI is InChI=1S/C31H30F2N6O4/c1-5-20(42)37-11-12-38-17(14-37)13-35-27-23-29(25(33)22(24(27)32)21-18(40)7-6-8-19(21)41)39(31(43)36-30(23)38)28-16(4)9-10-34-26(28)15(2)3/h5-10,15,17,35,40-41H,1,11-14H2,2-4H3. The van der Waals surface area contributed by atoms with Crippen LogP contribution in [0.3, 0.4) is 0 Å². The molecule has 1 fully saturated rings. The predicted molar refractivity (Wildman–Crippen MR) is 159 cm³/mol. The molecule has 3 N–H and O–H groups in total. The fraction of sp³-hybridized carbons (Fsp3) is 0.290. The molecule has 0 aliphatic carbocycles. The van der Waals surface area contributed by atoms with E-state index in [1.54, 1.807) is 29.0 Å². The quantitative estimate of drug-likeness (QED) is 0.303. The molecule has 222 valence electrons. The molecular weight excluding hydrogens is 558 g/mol. The van der Waals surface area contributed by atoms with Crippen molar-refractivity contribution in [2.45, 2.75) is 32.7 Å². The number of hydrogen-bond acceptors (Lipinski definition) is 8. The van der Waals surface area contributed by atoms with Crippen LogP contribution in [0.15, 0.2) is 47.9 Å². The summed E-state index contributed by atoms with van der Waals surface area (Å²) in [7, 11) is 0. The van der Waals surface area contributed by atoms with Crippen LogP contribution in [0, 0.1) is 18.6 Å². The number of anilines is 2. The number of piperazine rings is 1. The third-order valence-corrected chi connectivity index (χ3v) is 8.14. The molecule has 0 spiro atoms. The average molecular weight is 589 g/mol. The van der Waals surface area contributed by atoms with Gasteiger partial charge in [-0.2, -0.15) is 4.98 Å². The number of benzene rings is 2. The van der Waals surface area contributed by atoms with E-state index in [1.165, 1.54) is 24.3 Å². The van der Waals surface area contributed by atoms with E-state index in [4.69, 9.17) is 0 Å². The van der Waals surface area contributed by atoms with Crippen molar-refractivity contribution >= 4 is 28.3 Å². The topological polar surface area (TPSA) is 124 Å². The number of aryl methyl sites for hydroxylation is 1. The molecule has 6 rings (SSSR count). The van der Waals surface area contributed by atoms with Crippen LogP contribution in [0.1, 0.15) is 31.0 Å². The number of aromatic hydroxyl groups is 2. The second kappa shape index (κ2) is 10.4. The molecule has 1 amide bonds. The van der Waals surface area contributed by atoms with Crippen LogP contribution in [-0.4, -0.2) is 67.8 Å². The Bertz CT molecular complexity index is 1870. The highest BCUT2D eigenvalue weighted by molar-refractivity contribution is 6.06. The van der Waals surface area contributed by atoms with Gasteiger partial charge >= 0.3 is 5.69 Å². The highest BCUT2D eigenvalue weighted by atomic mass is 19.1. The summed E-state index contributed by atoms with van der Waals surface area (Å²) in [6.07, 6.45) is 2.81. The van der Waals surface area contributed by atoms with Gasteiger partial charge in [0, 0.05) is 32.4 Å². The first-order chi connectivity index (χ1) is 20.5. The van der Waals surface area contributed by atoms with Gasteiger partial charge in [0.05, 0.1) is 39.6 Å². The molecule has 0 bridgehead atoms. The predicted octanol–water partition coefficient (Wildman–Crippen LogP) is 4.20. The molecule has 0 radical (unpaired) electrons. The number of carbonyl (C=O) groups excluding carboxylic acids is 1. The van der Waals surface area contributed by atoms with Crippen LogP contribution in [0.4, 0.5) is 20.3 Å². The number of amides is 1. The van der Waals surface area contributed by atoms with Crippen molar-refractivity contribution in [3.63, 3.8) is 0 Å². The van der Waals surface area contributed by atoms with Crippen molar-refractivity contribution in [2.75, 3.05) is 36.4 Å². The molecule has 1 saturated heterocycles. The Kier molecular flexibility index (Phi) is 6.79. The normalized spacial score (nSPS) is 16.2. The first kappa shape index (κ1) is 28.1. The molecule has 2 aliphatic heterocycles. The minimum Gasteiger partial charge on any atom is -0.507 e. The number of nitrogens with zero attached hydrogens (tertiary/aromatic N) is 5. The summed E-state index contributed by atoms with van der Waals surface area (Å²) in [4.78, 5) is 38.7. The van der Waals surface area contributed by atoms with E-state index in [2.05, 4.69) is 21.9 Å². The van der Waals surface area contributed by atoms with Gasteiger partial charge in [0.15, 0.2) is 11.6 Å². The first-order valence-electron chi connectivity index (χ1n) is 13.9. The lowest BCUT2D eigenvalue weighted by molar-refractivity contribution is -0.126. The monoisotopic (exact) mass is 588 g/mol. The van der Waals surface area contributed by atoms with Gasteiger partial charge in [-0.3, -0.25) is 14.3 Å². The maximum absolute atomic E-state index is 17.1. The summed E-state index contributed by atoms with van der Waals surface area (Å²) in [5.41, 5.74) is -0.951. The van der Waals surface area contributed by atoms with Gasteiger partial charge < -0.3 is 25.3 Å². The van der Waals surface area contributed by atoms with E-state index in [1.807, 2.05) is 13.8 Å². The van der Waals surface area contributed by atoms with E-state index in [0.29, 0.717) is 16.9 Å². The number of carbonyl (C=O) groups is 1. The van der Waals surface area contributed by atoms with E-state index in [0.717, 1.165) is 4.57 Å². The molecule has 2 aromatic heterocycles. The molecule has 1 atom stereocenters. The molecule has 12 heteroatoms. The number of pyridine rings is 1. The molecule has 0 saturated carbocycles. The first-order valence-corrected chi connectivity index (χ1v) is 13.9.